The van der Waals surface area contributed by atoms with Crippen molar-refractivity contribution in [3.05, 3.63) is 0 Å². The average Bonchev–Trinajstić information content (AvgIpc) is 2.45. The van der Waals surface area contributed by atoms with Crippen molar-refractivity contribution >= 4 is 0 Å². The van der Waals surface area contributed by atoms with E-state index in [0.717, 1.165) is 25.7 Å². The molecule has 0 saturated carbocycles. The molecule has 20 heavy (non-hydrogen) atoms. The van der Waals surface area contributed by atoms with Crippen LogP contribution in [0.25, 0.3) is 0 Å². The van der Waals surface area contributed by atoms with Gasteiger partial charge in [0.2, 0.25) is 0 Å². The fourth-order valence-electron chi connectivity index (χ4n) is 3.19. The second kappa shape index (κ2) is 11.6. The molecule has 0 heterocycles. The van der Waals surface area contributed by atoms with Gasteiger partial charge in [-0.2, -0.15) is 0 Å². The first-order valence-corrected chi connectivity index (χ1v) is 8.83. The van der Waals surface area contributed by atoms with Gasteiger partial charge in [-0.05, 0) is 18.8 Å². The fourth-order valence-corrected chi connectivity index (χ4v) is 3.19. The topological polar surface area (TPSA) is 40.5 Å². The summed E-state index contributed by atoms with van der Waals surface area (Å²) in [5.74, 6) is 0.222. The third kappa shape index (κ3) is 7.08. The van der Waals surface area contributed by atoms with Crippen LogP contribution in [-0.4, -0.2) is 22.9 Å². The number of aliphatic hydroxyl groups excluding tert-OH is 2. The van der Waals surface area contributed by atoms with Crippen molar-refractivity contribution in [3.63, 3.8) is 0 Å². The number of unbranched alkanes of at least 4 members (excludes halogenated alkanes) is 6. The van der Waals surface area contributed by atoms with E-state index in [9.17, 15) is 10.2 Å². The molecule has 0 rings (SSSR count). The molecule has 1 atom stereocenters. The summed E-state index contributed by atoms with van der Waals surface area (Å²) in [6.45, 7) is 8.69. The maximum atomic E-state index is 10.6. The Labute approximate surface area is 127 Å². The molecule has 0 fully saturated rings. The van der Waals surface area contributed by atoms with Crippen LogP contribution in [0.4, 0.5) is 0 Å². The molecule has 0 bridgehead atoms. The summed E-state index contributed by atoms with van der Waals surface area (Å²) in [4.78, 5) is 0. The Hall–Kier alpha value is -0.0800. The highest BCUT2D eigenvalue weighted by Crippen LogP contribution is 2.38. The van der Waals surface area contributed by atoms with E-state index in [4.69, 9.17) is 0 Å². The highest BCUT2D eigenvalue weighted by atomic mass is 16.3. The van der Waals surface area contributed by atoms with Gasteiger partial charge in [0, 0.05) is 5.41 Å². The van der Waals surface area contributed by atoms with Crippen LogP contribution in [-0.2, 0) is 0 Å². The standard InChI is InChI=1S/C18H38O2/c1-5-7-9-11-13-18(15-19,17(20)16(3)4)14-12-10-8-6-2/h16-17,19-20H,5-15H2,1-4H3. The summed E-state index contributed by atoms with van der Waals surface area (Å²) in [5, 5.41) is 20.5. The number of hydrogen-bond donors (Lipinski definition) is 2. The molecule has 0 aliphatic rings. The summed E-state index contributed by atoms with van der Waals surface area (Å²) in [5.41, 5.74) is -0.268. The van der Waals surface area contributed by atoms with E-state index in [1.165, 1.54) is 38.5 Å². The molecule has 0 aromatic carbocycles. The quantitative estimate of drug-likeness (QED) is 0.472. The third-order valence-electron chi connectivity index (χ3n) is 4.63. The Morgan fingerprint density at radius 2 is 1.25 bits per heavy atom. The van der Waals surface area contributed by atoms with E-state index in [1.807, 2.05) is 0 Å². The smallest absolute Gasteiger partial charge is 0.0641 e. The molecule has 0 aliphatic carbocycles. The summed E-state index contributed by atoms with van der Waals surface area (Å²) < 4.78 is 0. The zero-order chi connectivity index (χ0) is 15.4. The van der Waals surface area contributed by atoms with Crippen LogP contribution in [0.1, 0.15) is 91.9 Å². The van der Waals surface area contributed by atoms with Crippen molar-refractivity contribution in [2.24, 2.45) is 11.3 Å². The Morgan fingerprint density at radius 1 is 0.800 bits per heavy atom. The second-order valence-corrected chi connectivity index (χ2v) is 6.83. The Kier molecular flexibility index (Phi) is 11.5. The van der Waals surface area contributed by atoms with Crippen molar-refractivity contribution in [2.75, 3.05) is 6.61 Å². The van der Waals surface area contributed by atoms with Gasteiger partial charge in [-0.25, -0.2) is 0 Å². The second-order valence-electron chi connectivity index (χ2n) is 6.83. The van der Waals surface area contributed by atoms with Crippen LogP contribution >= 0.6 is 0 Å². The lowest BCUT2D eigenvalue weighted by molar-refractivity contribution is -0.0571. The lowest BCUT2D eigenvalue weighted by Gasteiger charge is -2.39. The van der Waals surface area contributed by atoms with Crippen molar-refractivity contribution < 1.29 is 10.2 Å². The van der Waals surface area contributed by atoms with Gasteiger partial charge in [-0.3, -0.25) is 0 Å². The van der Waals surface area contributed by atoms with Gasteiger partial charge in [-0.15, -0.1) is 0 Å². The Balaban J connectivity index is 4.52. The largest absolute Gasteiger partial charge is 0.396 e. The first-order chi connectivity index (χ1) is 9.54. The lowest BCUT2D eigenvalue weighted by Crippen LogP contribution is -2.42. The first kappa shape index (κ1) is 19.9. The van der Waals surface area contributed by atoms with Gasteiger partial charge >= 0.3 is 0 Å². The monoisotopic (exact) mass is 286 g/mol. The maximum Gasteiger partial charge on any atom is 0.0641 e. The first-order valence-electron chi connectivity index (χ1n) is 8.83. The summed E-state index contributed by atoms with van der Waals surface area (Å²) in [6, 6.07) is 0. The SMILES string of the molecule is CCCCCCC(CO)(CCCCCC)C(O)C(C)C. The van der Waals surface area contributed by atoms with E-state index < -0.39 is 0 Å². The molecule has 2 N–H and O–H groups in total. The van der Waals surface area contributed by atoms with E-state index in [2.05, 4.69) is 27.7 Å². The fraction of sp³-hybridized carbons (Fsp3) is 1.00. The molecule has 1 unspecified atom stereocenters. The minimum atomic E-state index is -0.379. The molecule has 0 aliphatic heterocycles. The van der Waals surface area contributed by atoms with Gasteiger partial charge in [0.25, 0.3) is 0 Å². The minimum absolute atomic E-state index is 0.130. The molecule has 2 heteroatoms. The van der Waals surface area contributed by atoms with E-state index in [-0.39, 0.29) is 24.0 Å². The minimum Gasteiger partial charge on any atom is -0.396 e. The number of rotatable bonds is 13. The van der Waals surface area contributed by atoms with Crippen molar-refractivity contribution in [3.8, 4) is 0 Å². The number of aliphatic hydroxyl groups is 2. The van der Waals surface area contributed by atoms with Gasteiger partial charge in [-0.1, -0.05) is 79.1 Å². The Morgan fingerprint density at radius 3 is 1.55 bits per heavy atom. The van der Waals surface area contributed by atoms with Gasteiger partial charge < -0.3 is 10.2 Å². The molecular formula is C18H38O2. The third-order valence-corrected chi connectivity index (χ3v) is 4.63. The van der Waals surface area contributed by atoms with Crippen LogP contribution < -0.4 is 0 Å². The molecule has 0 aromatic heterocycles. The van der Waals surface area contributed by atoms with Crippen molar-refractivity contribution in [1.82, 2.24) is 0 Å². The predicted octanol–water partition coefficient (Wildman–Crippen LogP) is 4.92. The van der Waals surface area contributed by atoms with Gasteiger partial charge in [0.15, 0.2) is 0 Å². The molecular weight excluding hydrogens is 248 g/mol. The molecule has 0 aromatic rings. The number of hydrogen-bond acceptors (Lipinski definition) is 2. The van der Waals surface area contributed by atoms with Crippen LogP contribution in [0.15, 0.2) is 0 Å². The zero-order valence-electron chi connectivity index (χ0n) is 14.3. The van der Waals surface area contributed by atoms with Crippen molar-refractivity contribution in [2.45, 2.75) is 98.0 Å². The average molecular weight is 286 g/mol. The summed E-state index contributed by atoms with van der Waals surface area (Å²) in [7, 11) is 0. The molecule has 0 radical (unpaired) electrons. The maximum absolute atomic E-state index is 10.6. The van der Waals surface area contributed by atoms with E-state index >= 15 is 0 Å². The summed E-state index contributed by atoms with van der Waals surface area (Å²) >= 11 is 0. The van der Waals surface area contributed by atoms with Crippen molar-refractivity contribution in [1.29, 1.82) is 0 Å². The highest BCUT2D eigenvalue weighted by molar-refractivity contribution is 4.87. The molecule has 2 nitrogen and oxygen atoms in total. The van der Waals surface area contributed by atoms with Gasteiger partial charge in [0.05, 0.1) is 12.7 Å². The normalized spacial score (nSPS) is 13.9. The van der Waals surface area contributed by atoms with Crippen LogP contribution in [0.5, 0.6) is 0 Å². The van der Waals surface area contributed by atoms with Crippen LogP contribution in [0.2, 0.25) is 0 Å². The molecule has 0 amide bonds. The predicted molar refractivity (Wildman–Crippen MR) is 87.9 cm³/mol. The lowest BCUT2D eigenvalue weighted by atomic mass is 9.70. The van der Waals surface area contributed by atoms with Gasteiger partial charge in [0.1, 0.15) is 0 Å². The van der Waals surface area contributed by atoms with Crippen LogP contribution in [0.3, 0.4) is 0 Å². The Bertz CT molecular complexity index is 201. The summed E-state index contributed by atoms with van der Waals surface area (Å²) in [6.07, 6.45) is 11.2. The van der Waals surface area contributed by atoms with E-state index in [0.29, 0.717) is 0 Å². The van der Waals surface area contributed by atoms with Crippen LogP contribution in [0, 0.1) is 11.3 Å². The molecule has 122 valence electrons. The molecule has 0 spiro atoms. The highest BCUT2D eigenvalue weighted by Gasteiger charge is 2.37. The molecule has 0 saturated heterocycles. The van der Waals surface area contributed by atoms with E-state index in [1.54, 1.807) is 0 Å². The zero-order valence-corrected chi connectivity index (χ0v) is 14.3.